The number of nitrogens with zero attached hydrogens (tertiary/aromatic N) is 5. The molecule has 4 N–H and O–H groups in total. The molecule has 13 heteroatoms. The van der Waals surface area contributed by atoms with E-state index in [4.69, 9.17) is 9.72 Å². The molecule has 1 aliphatic rings. The topological polar surface area (TPSA) is 146 Å². The molecule has 0 radical (unpaired) electrons. The molecular formula is C27H32N8O4S. The minimum absolute atomic E-state index is 0.168. The van der Waals surface area contributed by atoms with Gasteiger partial charge in [0.05, 0.1) is 52.0 Å². The maximum absolute atomic E-state index is 13.3. The van der Waals surface area contributed by atoms with Gasteiger partial charge in [0.25, 0.3) is 5.91 Å². The van der Waals surface area contributed by atoms with Crippen LogP contribution in [0.3, 0.4) is 0 Å². The van der Waals surface area contributed by atoms with Gasteiger partial charge in [-0.25, -0.2) is 9.78 Å². The van der Waals surface area contributed by atoms with Gasteiger partial charge in [-0.3, -0.25) is 24.7 Å². The fourth-order valence-electron chi connectivity index (χ4n) is 4.93. The quantitative estimate of drug-likeness (QED) is 0.215. The Balaban J connectivity index is 1.33. The number of fused-ring (bicyclic) bond motifs is 2. The summed E-state index contributed by atoms with van der Waals surface area (Å²) in [5.41, 5.74) is 2.71. The van der Waals surface area contributed by atoms with Crippen LogP contribution in [0, 0.1) is 0 Å². The number of anilines is 1. The van der Waals surface area contributed by atoms with Gasteiger partial charge in [-0.05, 0) is 44.5 Å². The number of amides is 1. The maximum atomic E-state index is 13.3. The van der Waals surface area contributed by atoms with Gasteiger partial charge < -0.3 is 19.4 Å². The highest BCUT2D eigenvalue weighted by atomic mass is 32.1. The van der Waals surface area contributed by atoms with E-state index >= 15 is 0 Å². The van der Waals surface area contributed by atoms with E-state index in [-0.39, 0.29) is 11.6 Å². The number of aromatic nitrogens is 6. The van der Waals surface area contributed by atoms with Crippen LogP contribution in [0.15, 0.2) is 41.5 Å². The molecule has 0 saturated carbocycles. The first-order valence-electron chi connectivity index (χ1n) is 13.3. The van der Waals surface area contributed by atoms with Gasteiger partial charge in [0.15, 0.2) is 0 Å². The van der Waals surface area contributed by atoms with Crippen LogP contribution in [-0.4, -0.2) is 83.7 Å². The Bertz CT molecular complexity index is 1700. The molecule has 1 fully saturated rings. The molecule has 1 aliphatic heterocycles. The lowest BCUT2D eigenvalue weighted by Gasteiger charge is -2.26. The van der Waals surface area contributed by atoms with E-state index < -0.39 is 5.60 Å². The summed E-state index contributed by atoms with van der Waals surface area (Å²) in [5, 5.41) is 20.2. The molecule has 1 saturated heterocycles. The molecule has 1 amide bonds. The molecule has 0 spiro atoms. The van der Waals surface area contributed by atoms with Crippen LogP contribution < -0.4 is 11.0 Å². The number of thiophene rings is 1. The van der Waals surface area contributed by atoms with Gasteiger partial charge in [-0.1, -0.05) is 0 Å². The van der Waals surface area contributed by atoms with E-state index in [1.165, 1.54) is 11.3 Å². The monoisotopic (exact) mass is 564 g/mol. The number of carbonyl (C=O) groups is 1. The summed E-state index contributed by atoms with van der Waals surface area (Å²) >= 11 is 1.37. The second-order valence-corrected chi connectivity index (χ2v) is 11.7. The molecule has 1 aromatic carbocycles. The number of H-pyrrole nitrogens is 2. The van der Waals surface area contributed by atoms with E-state index in [9.17, 15) is 14.7 Å². The largest absolute Gasteiger partial charge is 0.390 e. The van der Waals surface area contributed by atoms with Gasteiger partial charge in [-0.2, -0.15) is 5.10 Å². The van der Waals surface area contributed by atoms with Crippen LogP contribution in [0.5, 0.6) is 0 Å². The van der Waals surface area contributed by atoms with Crippen molar-refractivity contribution < 1.29 is 14.6 Å². The molecule has 0 aliphatic carbocycles. The number of aromatic amines is 2. The summed E-state index contributed by atoms with van der Waals surface area (Å²) < 4.78 is 9.09. The highest BCUT2D eigenvalue weighted by Gasteiger charge is 2.21. The van der Waals surface area contributed by atoms with Gasteiger partial charge in [-0.15, -0.1) is 11.3 Å². The fraction of sp³-hybridized carbons (Fsp3) is 0.407. The fourth-order valence-corrected chi connectivity index (χ4v) is 5.82. The molecule has 0 unspecified atom stereocenters. The van der Waals surface area contributed by atoms with Crippen molar-refractivity contribution in [2.45, 2.75) is 39.0 Å². The van der Waals surface area contributed by atoms with Crippen LogP contribution in [0.25, 0.3) is 32.5 Å². The first kappa shape index (κ1) is 26.4. The van der Waals surface area contributed by atoms with E-state index in [0.717, 1.165) is 41.1 Å². The minimum atomic E-state index is -0.913. The van der Waals surface area contributed by atoms with Crippen LogP contribution >= 0.6 is 11.3 Å². The summed E-state index contributed by atoms with van der Waals surface area (Å²) in [7, 11) is 0. The van der Waals surface area contributed by atoms with Crippen molar-refractivity contribution in [3.05, 3.63) is 52.0 Å². The Labute approximate surface area is 233 Å². The lowest BCUT2D eigenvalue weighted by molar-refractivity contribution is 0.0364. The first-order valence-corrected chi connectivity index (χ1v) is 14.1. The molecular weight excluding hydrogens is 532 g/mol. The smallest absolute Gasteiger partial charge is 0.326 e. The summed E-state index contributed by atoms with van der Waals surface area (Å²) in [6.45, 7) is 8.32. The number of aliphatic hydroxyl groups is 1. The predicted molar refractivity (Wildman–Crippen MR) is 154 cm³/mol. The Kier molecular flexibility index (Phi) is 7.04. The van der Waals surface area contributed by atoms with Crippen LogP contribution in [0.4, 0.5) is 5.95 Å². The zero-order valence-corrected chi connectivity index (χ0v) is 23.3. The van der Waals surface area contributed by atoms with Crippen molar-refractivity contribution in [1.29, 1.82) is 0 Å². The Morgan fingerprint density at radius 2 is 1.98 bits per heavy atom. The molecule has 4 aromatic heterocycles. The van der Waals surface area contributed by atoms with Gasteiger partial charge in [0, 0.05) is 49.4 Å². The Hall–Kier alpha value is -3.78. The number of imidazole rings is 2. The van der Waals surface area contributed by atoms with E-state index in [2.05, 4.69) is 25.4 Å². The van der Waals surface area contributed by atoms with Crippen LogP contribution in [0.2, 0.25) is 0 Å². The number of hydrogen-bond donors (Lipinski definition) is 4. The maximum Gasteiger partial charge on any atom is 0.326 e. The number of morpholine rings is 1. The van der Waals surface area contributed by atoms with Gasteiger partial charge >= 0.3 is 5.69 Å². The zero-order chi connectivity index (χ0) is 27.9. The zero-order valence-electron chi connectivity index (χ0n) is 22.4. The molecule has 0 atom stereocenters. The Morgan fingerprint density at radius 3 is 2.73 bits per heavy atom. The number of benzene rings is 1. The lowest BCUT2D eigenvalue weighted by Crippen LogP contribution is -2.39. The van der Waals surface area contributed by atoms with E-state index in [1.54, 1.807) is 36.9 Å². The normalized spacial score (nSPS) is 14.9. The lowest BCUT2D eigenvalue weighted by atomic mass is 10.1. The summed E-state index contributed by atoms with van der Waals surface area (Å²) in [6.07, 6.45) is 3.94. The third-order valence-corrected chi connectivity index (χ3v) is 8.30. The second-order valence-electron chi connectivity index (χ2n) is 10.6. The molecule has 12 nitrogen and oxygen atoms in total. The number of aryl methyl sites for hydroxylation is 1. The highest BCUT2D eigenvalue weighted by molar-refractivity contribution is 7.17. The van der Waals surface area contributed by atoms with E-state index in [0.29, 0.717) is 54.6 Å². The molecule has 0 bridgehead atoms. The average molecular weight is 565 g/mol. The Morgan fingerprint density at radius 1 is 1.15 bits per heavy atom. The van der Waals surface area contributed by atoms with Crippen LogP contribution in [0.1, 0.15) is 29.9 Å². The van der Waals surface area contributed by atoms with Crippen LogP contribution in [-0.2, 0) is 17.8 Å². The standard InChI is InChI=1S/C27H32N8O4S/c1-27(2,38)5-6-34-20-14-21-19(31-26(37)35(21)8-7-33-9-11-39-12-10-33)13-18(20)30-25(34)32-24(36)23-4-3-22(40-23)17-15-28-29-16-17/h3-4,13-16,38H,5-12H2,1-2H3,(H,28,29)(H,31,37)(H,30,32,36). The number of carbonyl (C=O) groups excluding carboxylic acids is 1. The minimum Gasteiger partial charge on any atom is -0.390 e. The van der Waals surface area contributed by atoms with Crippen molar-refractivity contribution in [2.24, 2.45) is 0 Å². The summed E-state index contributed by atoms with van der Waals surface area (Å²) in [4.78, 5) is 37.6. The number of ether oxygens (including phenoxy) is 1. The molecule has 40 heavy (non-hydrogen) atoms. The molecule has 5 heterocycles. The van der Waals surface area contributed by atoms with Crippen molar-refractivity contribution in [1.82, 2.24) is 34.2 Å². The third kappa shape index (κ3) is 5.45. The highest BCUT2D eigenvalue weighted by Crippen LogP contribution is 2.29. The van der Waals surface area contributed by atoms with Gasteiger partial charge in [0.2, 0.25) is 5.95 Å². The van der Waals surface area contributed by atoms with Crippen molar-refractivity contribution in [2.75, 3.05) is 38.2 Å². The molecule has 210 valence electrons. The number of nitrogens with one attached hydrogen (secondary N) is 3. The van der Waals surface area contributed by atoms with Crippen molar-refractivity contribution in [3.8, 4) is 10.4 Å². The summed E-state index contributed by atoms with van der Waals surface area (Å²) in [6, 6.07) is 7.45. The summed E-state index contributed by atoms with van der Waals surface area (Å²) in [5.74, 6) is 0.116. The van der Waals surface area contributed by atoms with E-state index in [1.807, 2.05) is 22.8 Å². The number of hydrogen-bond acceptors (Lipinski definition) is 8. The van der Waals surface area contributed by atoms with Gasteiger partial charge in [0.1, 0.15) is 0 Å². The first-order chi connectivity index (χ1) is 19.2. The second kappa shape index (κ2) is 10.7. The third-order valence-electron chi connectivity index (χ3n) is 7.17. The molecule has 6 rings (SSSR count). The van der Waals surface area contributed by atoms with Crippen molar-refractivity contribution >= 4 is 45.3 Å². The van der Waals surface area contributed by atoms with Crippen molar-refractivity contribution in [3.63, 3.8) is 0 Å². The predicted octanol–water partition coefficient (Wildman–Crippen LogP) is 2.88. The average Bonchev–Trinajstić information content (AvgIpc) is 3.71. The molecule has 5 aromatic rings. The SMILES string of the molecule is CC(C)(O)CCn1c(NC(=O)c2ccc(-c3cn[nH]c3)s2)nc2cc3[nH]c(=O)n(CCN4CCOCC4)c3cc21. The number of rotatable bonds is 9.